The maximum atomic E-state index is 5.15. The average molecular weight is 730 g/mol. The second kappa shape index (κ2) is 12.2. The molecule has 0 amide bonds. The minimum Gasteiger partial charge on any atom is -0.308 e. The van der Waals surface area contributed by atoms with Gasteiger partial charge in [0.05, 0.1) is 22.4 Å². The van der Waals surface area contributed by atoms with E-state index in [4.69, 9.17) is 9.97 Å². The molecule has 260 valence electrons. The molecular formula is C52H31N3S. The lowest BCUT2D eigenvalue weighted by Gasteiger charge is -2.14. The molecule has 0 aliphatic carbocycles. The molecule has 0 bridgehead atoms. The normalized spacial score (nSPS) is 11.9. The van der Waals surface area contributed by atoms with Crippen LogP contribution in [0.3, 0.4) is 0 Å². The predicted molar refractivity (Wildman–Crippen MR) is 238 cm³/mol. The standard InChI is InChI=1S/C52H31N3S/c1-3-15-32(16-4-1)43-31-44(54-52(53-43)34-17-5-2-6-18-34)33-27-29-35(30-28-33)55-49-39-22-10-8-20-37(39)36-19-7-9-21-38(36)46(49)48-47-42-25-13-14-26-45(42)56-51(47)41-24-12-11-23-40(41)50(48)55/h1-31H. The SMILES string of the molecule is c1ccc(-c2cc(-c3ccc(-n4c5c6ccccc6c6ccccc6c5c5c6c7ccccc7sc6c6ccccc6c54)cc3)nc(-c3ccccc3)n2)cc1. The molecule has 12 rings (SSSR count). The first kappa shape index (κ1) is 31.2. The van der Waals surface area contributed by atoms with Crippen LogP contribution in [0.15, 0.2) is 188 Å². The van der Waals surface area contributed by atoms with Crippen molar-refractivity contribution in [2.75, 3.05) is 0 Å². The van der Waals surface area contributed by atoms with Gasteiger partial charge < -0.3 is 4.57 Å². The van der Waals surface area contributed by atoms with E-state index >= 15 is 0 Å². The predicted octanol–water partition coefficient (Wildman–Crippen LogP) is 14.4. The summed E-state index contributed by atoms with van der Waals surface area (Å²) in [6.45, 7) is 0. The molecule has 9 aromatic carbocycles. The minimum atomic E-state index is 0.713. The topological polar surface area (TPSA) is 30.7 Å². The fraction of sp³-hybridized carbons (Fsp3) is 0. The maximum absolute atomic E-state index is 5.15. The number of rotatable bonds is 4. The van der Waals surface area contributed by atoms with Crippen LogP contribution < -0.4 is 0 Å². The Hall–Kier alpha value is -7.14. The lowest BCUT2D eigenvalue weighted by Crippen LogP contribution is -1.97. The molecule has 3 heterocycles. The number of thiophene rings is 1. The minimum absolute atomic E-state index is 0.713. The van der Waals surface area contributed by atoms with Gasteiger partial charge in [0.25, 0.3) is 0 Å². The van der Waals surface area contributed by atoms with Gasteiger partial charge in [-0.15, -0.1) is 11.3 Å². The zero-order valence-corrected chi connectivity index (χ0v) is 31.0. The van der Waals surface area contributed by atoms with E-state index in [9.17, 15) is 0 Å². The van der Waals surface area contributed by atoms with E-state index in [0.29, 0.717) is 5.82 Å². The Morgan fingerprint density at radius 2 is 0.839 bits per heavy atom. The molecule has 0 saturated heterocycles. The van der Waals surface area contributed by atoms with Crippen LogP contribution >= 0.6 is 11.3 Å². The zero-order valence-electron chi connectivity index (χ0n) is 30.1. The number of hydrogen-bond donors (Lipinski definition) is 0. The molecule has 0 aliphatic heterocycles. The summed E-state index contributed by atoms with van der Waals surface area (Å²) in [5, 5.41) is 12.9. The first-order valence-corrected chi connectivity index (χ1v) is 19.8. The Labute approximate surface area is 326 Å². The van der Waals surface area contributed by atoms with Gasteiger partial charge in [-0.3, -0.25) is 0 Å². The maximum Gasteiger partial charge on any atom is 0.160 e. The van der Waals surface area contributed by atoms with Crippen LogP contribution in [0.25, 0.3) is 114 Å². The molecule has 3 nitrogen and oxygen atoms in total. The van der Waals surface area contributed by atoms with Crippen molar-refractivity contribution < 1.29 is 0 Å². The van der Waals surface area contributed by atoms with Crippen LogP contribution in [-0.2, 0) is 0 Å². The van der Waals surface area contributed by atoms with Crippen molar-refractivity contribution in [1.29, 1.82) is 0 Å². The Morgan fingerprint density at radius 3 is 1.52 bits per heavy atom. The van der Waals surface area contributed by atoms with Gasteiger partial charge in [-0.25, -0.2) is 9.97 Å². The Balaban J connectivity index is 1.19. The van der Waals surface area contributed by atoms with Crippen LogP contribution in [0.5, 0.6) is 0 Å². The lowest BCUT2D eigenvalue weighted by molar-refractivity contribution is 1.17. The lowest BCUT2D eigenvalue weighted by atomic mass is 9.94. The number of fused-ring (bicyclic) bond motifs is 15. The largest absolute Gasteiger partial charge is 0.308 e. The summed E-state index contributed by atoms with van der Waals surface area (Å²) in [5.41, 5.74) is 8.46. The zero-order chi connectivity index (χ0) is 36.7. The van der Waals surface area contributed by atoms with Gasteiger partial charge in [0.1, 0.15) is 0 Å². The average Bonchev–Trinajstić information content (AvgIpc) is 3.85. The van der Waals surface area contributed by atoms with Gasteiger partial charge in [0, 0.05) is 69.5 Å². The number of benzene rings is 9. The summed E-state index contributed by atoms with van der Waals surface area (Å²) >= 11 is 1.91. The van der Waals surface area contributed by atoms with Crippen LogP contribution in [0, 0.1) is 0 Å². The summed E-state index contributed by atoms with van der Waals surface area (Å²) in [4.78, 5) is 10.2. The molecule has 12 aromatic rings. The molecule has 0 atom stereocenters. The van der Waals surface area contributed by atoms with E-state index in [0.717, 1.165) is 33.8 Å². The monoisotopic (exact) mass is 729 g/mol. The van der Waals surface area contributed by atoms with Crippen molar-refractivity contribution in [3.8, 4) is 39.6 Å². The van der Waals surface area contributed by atoms with E-state index < -0.39 is 0 Å². The second-order valence-corrected chi connectivity index (χ2v) is 15.5. The highest BCUT2D eigenvalue weighted by Gasteiger charge is 2.25. The van der Waals surface area contributed by atoms with E-state index in [1.165, 1.54) is 74.3 Å². The third kappa shape index (κ3) is 4.57. The summed E-state index contributed by atoms with van der Waals surface area (Å²) < 4.78 is 5.20. The van der Waals surface area contributed by atoms with Gasteiger partial charge in [-0.2, -0.15) is 0 Å². The molecule has 56 heavy (non-hydrogen) atoms. The van der Waals surface area contributed by atoms with Crippen LogP contribution in [0.4, 0.5) is 0 Å². The molecule has 4 heteroatoms. The Kier molecular flexibility index (Phi) is 6.80. The molecule has 3 aromatic heterocycles. The van der Waals surface area contributed by atoms with Crippen molar-refractivity contribution in [2.45, 2.75) is 0 Å². The van der Waals surface area contributed by atoms with E-state index in [2.05, 4.69) is 168 Å². The first-order chi connectivity index (χ1) is 27.8. The molecule has 0 N–H and O–H groups in total. The smallest absolute Gasteiger partial charge is 0.160 e. The summed E-state index contributed by atoms with van der Waals surface area (Å²) in [7, 11) is 0. The third-order valence-electron chi connectivity index (χ3n) is 11.4. The van der Waals surface area contributed by atoms with Crippen molar-refractivity contribution >= 4 is 85.6 Å². The van der Waals surface area contributed by atoms with Gasteiger partial charge in [0.2, 0.25) is 0 Å². The third-order valence-corrected chi connectivity index (χ3v) is 12.6. The van der Waals surface area contributed by atoms with Crippen LogP contribution in [0.2, 0.25) is 0 Å². The number of aromatic nitrogens is 3. The summed E-state index contributed by atoms with van der Waals surface area (Å²) in [5.74, 6) is 0.713. The number of hydrogen-bond acceptors (Lipinski definition) is 3. The van der Waals surface area contributed by atoms with Gasteiger partial charge in [-0.1, -0.05) is 164 Å². The molecular weight excluding hydrogens is 699 g/mol. The highest BCUT2D eigenvalue weighted by atomic mass is 32.1. The highest BCUT2D eigenvalue weighted by molar-refractivity contribution is 7.27. The Bertz CT molecular complexity index is 3450. The van der Waals surface area contributed by atoms with Crippen molar-refractivity contribution in [2.24, 2.45) is 0 Å². The molecule has 0 saturated carbocycles. The second-order valence-electron chi connectivity index (χ2n) is 14.5. The van der Waals surface area contributed by atoms with Crippen LogP contribution in [-0.4, -0.2) is 14.5 Å². The fourth-order valence-electron chi connectivity index (χ4n) is 8.93. The van der Waals surface area contributed by atoms with Gasteiger partial charge in [-0.05, 0) is 40.4 Å². The van der Waals surface area contributed by atoms with E-state index in [1.54, 1.807) is 0 Å². The summed E-state index contributed by atoms with van der Waals surface area (Å²) in [6.07, 6.45) is 0. The molecule has 0 radical (unpaired) electrons. The van der Waals surface area contributed by atoms with Crippen LogP contribution in [0.1, 0.15) is 0 Å². The highest BCUT2D eigenvalue weighted by Crippen LogP contribution is 2.51. The molecule has 0 unspecified atom stereocenters. The first-order valence-electron chi connectivity index (χ1n) is 19.0. The van der Waals surface area contributed by atoms with Gasteiger partial charge >= 0.3 is 0 Å². The fourth-order valence-corrected chi connectivity index (χ4v) is 10.2. The Morgan fingerprint density at radius 1 is 0.357 bits per heavy atom. The molecule has 0 aliphatic rings. The van der Waals surface area contributed by atoms with E-state index in [-0.39, 0.29) is 0 Å². The molecule has 0 spiro atoms. The van der Waals surface area contributed by atoms with Gasteiger partial charge in [0.15, 0.2) is 5.82 Å². The summed E-state index contributed by atoms with van der Waals surface area (Å²) in [6, 6.07) is 67.5. The van der Waals surface area contributed by atoms with Crippen molar-refractivity contribution in [3.05, 3.63) is 188 Å². The molecule has 0 fully saturated rings. The van der Waals surface area contributed by atoms with Crippen molar-refractivity contribution in [3.63, 3.8) is 0 Å². The van der Waals surface area contributed by atoms with E-state index in [1.807, 2.05) is 35.6 Å². The number of nitrogens with zero attached hydrogens (tertiary/aromatic N) is 3. The van der Waals surface area contributed by atoms with Crippen molar-refractivity contribution in [1.82, 2.24) is 14.5 Å². The quantitative estimate of drug-likeness (QED) is 0.169.